The average Bonchev–Trinajstić information content (AvgIpc) is 2.55. The lowest BCUT2D eigenvalue weighted by atomic mass is 10.0. The van der Waals surface area contributed by atoms with Gasteiger partial charge in [0, 0.05) is 32.8 Å². The molecule has 2 rings (SSSR count). The van der Waals surface area contributed by atoms with Crippen molar-refractivity contribution in [2.75, 3.05) is 40.0 Å². The molecule has 1 aliphatic heterocycles. The predicted octanol–water partition coefficient (Wildman–Crippen LogP) is 1.08. The number of hydrogen-bond donors (Lipinski definition) is 1. The molecule has 2 unspecified atom stereocenters. The van der Waals surface area contributed by atoms with Crippen LogP contribution >= 0.6 is 0 Å². The van der Waals surface area contributed by atoms with Gasteiger partial charge in [0.1, 0.15) is 6.10 Å². The van der Waals surface area contributed by atoms with Crippen LogP contribution in [0.2, 0.25) is 0 Å². The summed E-state index contributed by atoms with van der Waals surface area (Å²) in [6.45, 7) is 5.97. The number of carbonyl (C=O) groups excluding carboxylic acids is 1. The molecule has 1 aromatic carbocycles. The Bertz CT molecular complexity index is 446. The van der Waals surface area contributed by atoms with Crippen molar-refractivity contribution in [3.05, 3.63) is 35.9 Å². The van der Waals surface area contributed by atoms with Gasteiger partial charge in [-0.25, -0.2) is 0 Å². The minimum absolute atomic E-state index is 0.0586. The summed E-state index contributed by atoms with van der Waals surface area (Å²) in [6.07, 6.45) is 0.392. The molecule has 1 N–H and O–H groups in total. The van der Waals surface area contributed by atoms with Crippen LogP contribution in [0.3, 0.4) is 0 Å². The van der Waals surface area contributed by atoms with Crippen LogP contribution in [0.1, 0.15) is 12.5 Å². The maximum absolute atomic E-state index is 12.1. The number of hydrogen-bond acceptors (Lipinski definition) is 4. The van der Waals surface area contributed by atoms with Crippen molar-refractivity contribution in [1.29, 1.82) is 0 Å². The average molecular weight is 306 g/mol. The van der Waals surface area contributed by atoms with Crippen LogP contribution in [0.4, 0.5) is 0 Å². The number of ether oxygens (including phenoxy) is 2. The van der Waals surface area contributed by atoms with Gasteiger partial charge in [-0.15, -0.1) is 0 Å². The third-order valence-corrected chi connectivity index (χ3v) is 3.98. The van der Waals surface area contributed by atoms with Crippen molar-refractivity contribution in [2.24, 2.45) is 0 Å². The van der Waals surface area contributed by atoms with E-state index in [2.05, 4.69) is 22.3 Å². The number of nitrogens with one attached hydrogen (secondary N) is 1. The molecule has 122 valence electrons. The monoisotopic (exact) mass is 306 g/mol. The maximum Gasteiger partial charge on any atom is 0.249 e. The number of benzene rings is 1. The van der Waals surface area contributed by atoms with E-state index < -0.39 is 6.10 Å². The van der Waals surface area contributed by atoms with E-state index in [4.69, 9.17) is 9.47 Å². The van der Waals surface area contributed by atoms with E-state index >= 15 is 0 Å². The highest BCUT2D eigenvalue weighted by Gasteiger charge is 2.21. The highest BCUT2D eigenvalue weighted by molar-refractivity contribution is 5.80. The van der Waals surface area contributed by atoms with Gasteiger partial charge in [-0.2, -0.15) is 0 Å². The number of morpholine rings is 1. The Morgan fingerprint density at radius 3 is 2.64 bits per heavy atom. The Morgan fingerprint density at radius 1 is 1.32 bits per heavy atom. The summed E-state index contributed by atoms with van der Waals surface area (Å²) >= 11 is 0. The Labute approximate surface area is 132 Å². The van der Waals surface area contributed by atoms with Gasteiger partial charge in [-0.1, -0.05) is 30.3 Å². The number of carbonyl (C=O) groups is 1. The van der Waals surface area contributed by atoms with E-state index in [1.165, 1.54) is 5.56 Å². The molecule has 0 radical (unpaired) electrons. The van der Waals surface area contributed by atoms with Crippen molar-refractivity contribution in [1.82, 2.24) is 10.2 Å². The summed E-state index contributed by atoms with van der Waals surface area (Å²) in [5.41, 5.74) is 1.23. The molecule has 0 aliphatic carbocycles. The lowest BCUT2D eigenvalue weighted by molar-refractivity contribution is -0.131. The number of amides is 1. The second-order valence-electron chi connectivity index (χ2n) is 5.69. The molecule has 0 bridgehead atoms. The molecule has 0 saturated carbocycles. The summed E-state index contributed by atoms with van der Waals surface area (Å²) in [5.74, 6) is -0.0586. The molecule has 1 amide bonds. The first-order chi connectivity index (χ1) is 10.7. The molecular formula is C17H26N2O3. The van der Waals surface area contributed by atoms with E-state index in [1.807, 2.05) is 18.2 Å². The van der Waals surface area contributed by atoms with Crippen LogP contribution in [-0.4, -0.2) is 62.9 Å². The summed E-state index contributed by atoms with van der Waals surface area (Å²) in [7, 11) is 1.55. The molecule has 0 aromatic heterocycles. The highest BCUT2D eigenvalue weighted by atomic mass is 16.5. The molecule has 1 saturated heterocycles. The predicted molar refractivity (Wildman–Crippen MR) is 85.8 cm³/mol. The first kappa shape index (κ1) is 16.9. The zero-order chi connectivity index (χ0) is 15.8. The van der Waals surface area contributed by atoms with Crippen molar-refractivity contribution in [2.45, 2.75) is 25.5 Å². The Balaban J connectivity index is 1.97. The van der Waals surface area contributed by atoms with Gasteiger partial charge in [0.2, 0.25) is 5.91 Å². The van der Waals surface area contributed by atoms with Crippen molar-refractivity contribution < 1.29 is 14.3 Å². The molecule has 1 heterocycles. The standard InChI is InChI=1S/C17H26N2O3/c1-14(21-2)17(20)18-16(12-15-6-4-3-5-7-15)13-19-8-10-22-11-9-19/h3-7,14,16H,8-13H2,1-2H3,(H,18,20). The van der Waals surface area contributed by atoms with Gasteiger partial charge in [0.15, 0.2) is 0 Å². The van der Waals surface area contributed by atoms with Crippen LogP contribution in [0.15, 0.2) is 30.3 Å². The van der Waals surface area contributed by atoms with E-state index in [0.717, 1.165) is 39.3 Å². The summed E-state index contributed by atoms with van der Waals surface area (Å²) in [5, 5.41) is 3.12. The van der Waals surface area contributed by atoms with Gasteiger partial charge >= 0.3 is 0 Å². The third-order valence-electron chi connectivity index (χ3n) is 3.98. The minimum Gasteiger partial charge on any atom is -0.379 e. The van der Waals surface area contributed by atoms with E-state index in [0.29, 0.717) is 0 Å². The fourth-order valence-corrected chi connectivity index (χ4v) is 2.58. The topological polar surface area (TPSA) is 50.8 Å². The van der Waals surface area contributed by atoms with Gasteiger partial charge in [0.05, 0.1) is 13.2 Å². The van der Waals surface area contributed by atoms with Crippen LogP contribution in [-0.2, 0) is 20.7 Å². The first-order valence-corrected chi connectivity index (χ1v) is 7.86. The molecule has 1 aromatic rings. The summed E-state index contributed by atoms with van der Waals surface area (Å²) in [6, 6.07) is 10.3. The number of rotatable bonds is 7. The van der Waals surface area contributed by atoms with Gasteiger partial charge in [-0.3, -0.25) is 9.69 Å². The van der Waals surface area contributed by atoms with E-state index in [-0.39, 0.29) is 11.9 Å². The molecule has 5 nitrogen and oxygen atoms in total. The normalized spacial score (nSPS) is 18.6. The Hall–Kier alpha value is -1.43. The molecule has 2 atom stereocenters. The number of nitrogens with zero attached hydrogens (tertiary/aromatic N) is 1. The fourth-order valence-electron chi connectivity index (χ4n) is 2.58. The largest absolute Gasteiger partial charge is 0.379 e. The SMILES string of the molecule is COC(C)C(=O)NC(Cc1ccccc1)CN1CCOCC1. The van der Waals surface area contributed by atoms with E-state index in [1.54, 1.807) is 14.0 Å². The molecule has 0 spiro atoms. The second-order valence-corrected chi connectivity index (χ2v) is 5.69. The molecule has 1 fully saturated rings. The number of methoxy groups -OCH3 is 1. The lowest BCUT2D eigenvalue weighted by Gasteiger charge is -2.31. The molecular weight excluding hydrogens is 280 g/mol. The van der Waals surface area contributed by atoms with Crippen molar-refractivity contribution in [3.8, 4) is 0 Å². The van der Waals surface area contributed by atoms with Gasteiger partial charge in [-0.05, 0) is 18.9 Å². The lowest BCUT2D eigenvalue weighted by Crippen LogP contribution is -2.50. The van der Waals surface area contributed by atoms with Crippen molar-refractivity contribution in [3.63, 3.8) is 0 Å². The Kier molecular flexibility index (Phi) is 6.83. The van der Waals surface area contributed by atoms with Crippen LogP contribution in [0.25, 0.3) is 0 Å². The molecule has 1 aliphatic rings. The highest BCUT2D eigenvalue weighted by Crippen LogP contribution is 2.07. The smallest absolute Gasteiger partial charge is 0.249 e. The maximum atomic E-state index is 12.1. The van der Waals surface area contributed by atoms with Crippen LogP contribution < -0.4 is 5.32 Å². The Morgan fingerprint density at radius 2 is 2.00 bits per heavy atom. The molecule has 5 heteroatoms. The van der Waals surface area contributed by atoms with Gasteiger partial charge in [0.25, 0.3) is 0 Å². The van der Waals surface area contributed by atoms with Gasteiger partial charge < -0.3 is 14.8 Å². The van der Waals surface area contributed by atoms with E-state index in [9.17, 15) is 4.79 Å². The zero-order valence-corrected chi connectivity index (χ0v) is 13.5. The summed E-state index contributed by atoms with van der Waals surface area (Å²) < 4.78 is 10.5. The fraction of sp³-hybridized carbons (Fsp3) is 0.588. The first-order valence-electron chi connectivity index (χ1n) is 7.86. The van der Waals surface area contributed by atoms with Crippen LogP contribution in [0.5, 0.6) is 0 Å². The zero-order valence-electron chi connectivity index (χ0n) is 13.5. The second kappa shape index (κ2) is 8.88. The molecule has 22 heavy (non-hydrogen) atoms. The minimum atomic E-state index is -0.428. The third kappa shape index (κ3) is 5.40. The quantitative estimate of drug-likeness (QED) is 0.819. The van der Waals surface area contributed by atoms with Crippen molar-refractivity contribution >= 4 is 5.91 Å². The van der Waals surface area contributed by atoms with Crippen LogP contribution in [0, 0.1) is 0 Å². The summed E-state index contributed by atoms with van der Waals surface area (Å²) in [4.78, 5) is 14.5.